The first kappa shape index (κ1) is 15.0. The van der Waals surface area contributed by atoms with E-state index in [1.165, 1.54) is 4.68 Å². The predicted molar refractivity (Wildman–Crippen MR) is 95.1 cm³/mol. The van der Waals surface area contributed by atoms with Gasteiger partial charge >= 0.3 is 0 Å². The molecule has 0 aliphatic heterocycles. The summed E-state index contributed by atoms with van der Waals surface area (Å²) in [4.78, 5) is 21.5. The van der Waals surface area contributed by atoms with Crippen molar-refractivity contribution in [1.29, 1.82) is 0 Å². The Morgan fingerprint density at radius 2 is 1.88 bits per heavy atom. The predicted octanol–water partition coefficient (Wildman–Crippen LogP) is 3.91. The van der Waals surface area contributed by atoms with Crippen molar-refractivity contribution >= 4 is 34.3 Å². The lowest BCUT2D eigenvalue weighted by Gasteiger charge is -2.05. The van der Waals surface area contributed by atoms with Gasteiger partial charge in [-0.15, -0.1) is 0 Å². The second-order valence-corrected chi connectivity index (χ2v) is 6.66. The van der Waals surface area contributed by atoms with E-state index < -0.39 is 0 Å². The SMILES string of the molecule is O=c1[nH]c(-n2cccn2)nc2cc(Sc3ccc(Cl)cc3)ccc12. The van der Waals surface area contributed by atoms with E-state index in [-0.39, 0.29) is 5.56 Å². The van der Waals surface area contributed by atoms with Crippen molar-refractivity contribution in [3.05, 3.63) is 76.3 Å². The largest absolute Gasteiger partial charge is 0.290 e. The van der Waals surface area contributed by atoms with Gasteiger partial charge in [-0.25, -0.2) is 9.67 Å². The molecule has 118 valence electrons. The van der Waals surface area contributed by atoms with Crippen molar-refractivity contribution in [2.24, 2.45) is 0 Å². The first-order valence-corrected chi connectivity index (χ1v) is 8.36. The number of H-pyrrole nitrogens is 1. The maximum Gasteiger partial charge on any atom is 0.260 e. The Kier molecular flexibility index (Phi) is 3.84. The summed E-state index contributed by atoms with van der Waals surface area (Å²) in [5.41, 5.74) is 0.441. The maximum atomic E-state index is 12.2. The second kappa shape index (κ2) is 6.14. The van der Waals surface area contributed by atoms with E-state index in [9.17, 15) is 4.79 Å². The monoisotopic (exact) mass is 354 g/mol. The fourth-order valence-corrected chi connectivity index (χ4v) is 3.29. The Morgan fingerprint density at radius 1 is 1.08 bits per heavy atom. The lowest BCUT2D eigenvalue weighted by atomic mass is 10.2. The van der Waals surface area contributed by atoms with E-state index in [0.717, 1.165) is 9.79 Å². The molecule has 0 radical (unpaired) electrons. The van der Waals surface area contributed by atoms with E-state index in [2.05, 4.69) is 15.1 Å². The highest BCUT2D eigenvalue weighted by Gasteiger charge is 2.07. The van der Waals surface area contributed by atoms with Gasteiger partial charge in [-0.1, -0.05) is 23.4 Å². The van der Waals surface area contributed by atoms with Crippen LogP contribution in [0.15, 0.2) is 75.5 Å². The van der Waals surface area contributed by atoms with Gasteiger partial charge in [0, 0.05) is 27.2 Å². The summed E-state index contributed by atoms with van der Waals surface area (Å²) in [5.74, 6) is 0.395. The van der Waals surface area contributed by atoms with Crippen LogP contribution >= 0.6 is 23.4 Å². The van der Waals surface area contributed by atoms with Gasteiger partial charge in [0.2, 0.25) is 5.95 Å². The fraction of sp³-hybridized carbons (Fsp3) is 0. The molecule has 5 nitrogen and oxygen atoms in total. The number of aromatic nitrogens is 4. The topological polar surface area (TPSA) is 63.6 Å². The highest BCUT2D eigenvalue weighted by molar-refractivity contribution is 7.99. The van der Waals surface area contributed by atoms with Crippen LogP contribution in [0.3, 0.4) is 0 Å². The number of hydrogen-bond donors (Lipinski definition) is 1. The van der Waals surface area contributed by atoms with Crippen LogP contribution < -0.4 is 5.56 Å². The molecule has 0 aliphatic rings. The Hall–Kier alpha value is -2.57. The molecule has 2 aromatic heterocycles. The molecular weight excluding hydrogens is 344 g/mol. The second-order valence-electron chi connectivity index (χ2n) is 5.08. The Balaban J connectivity index is 1.76. The molecular formula is C17H11ClN4OS. The number of benzene rings is 2. The minimum Gasteiger partial charge on any atom is -0.290 e. The molecule has 1 N–H and O–H groups in total. The van der Waals surface area contributed by atoms with E-state index in [4.69, 9.17) is 11.6 Å². The van der Waals surface area contributed by atoms with Gasteiger partial charge in [0.05, 0.1) is 10.9 Å². The number of nitrogens with one attached hydrogen (secondary N) is 1. The molecule has 4 rings (SSSR count). The standard InChI is InChI=1S/C17H11ClN4OS/c18-11-2-4-12(5-3-11)24-13-6-7-14-15(10-13)20-17(21-16(14)23)22-9-1-8-19-22/h1-10H,(H,20,21,23). The third kappa shape index (κ3) is 2.93. The Labute approximate surface area is 146 Å². The molecule has 0 saturated carbocycles. The summed E-state index contributed by atoms with van der Waals surface area (Å²) in [6.45, 7) is 0. The van der Waals surface area contributed by atoms with Gasteiger partial charge in [-0.2, -0.15) is 5.10 Å². The van der Waals surface area contributed by atoms with Crippen molar-refractivity contribution in [2.45, 2.75) is 9.79 Å². The molecule has 2 heterocycles. The van der Waals surface area contributed by atoms with Crippen molar-refractivity contribution < 1.29 is 0 Å². The van der Waals surface area contributed by atoms with Crippen LogP contribution in [0.4, 0.5) is 0 Å². The van der Waals surface area contributed by atoms with E-state index in [0.29, 0.717) is 21.9 Å². The van der Waals surface area contributed by atoms with Crippen LogP contribution in [-0.4, -0.2) is 19.7 Å². The van der Waals surface area contributed by atoms with Crippen LogP contribution in [0, 0.1) is 0 Å². The van der Waals surface area contributed by atoms with Crippen molar-refractivity contribution in [1.82, 2.24) is 19.7 Å². The van der Waals surface area contributed by atoms with Gasteiger partial charge in [-0.3, -0.25) is 9.78 Å². The lowest BCUT2D eigenvalue weighted by molar-refractivity contribution is 0.810. The lowest BCUT2D eigenvalue weighted by Crippen LogP contribution is -2.13. The summed E-state index contributed by atoms with van der Waals surface area (Å²) in [6.07, 6.45) is 3.37. The zero-order valence-corrected chi connectivity index (χ0v) is 13.9. The summed E-state index contributed by atoms with van der Waals surface area (Å²) in [5, 5.41) is 5.35. The molecule has 24 heavy (non-hydrogen) atoms. The number of halogens is 1. The molecule has 0 spiro atoms. The highest BCUT2D eigenvalue weighted by Crippen LogP contribution is 2.29. The molecule has 0 fully saturated rings. The van der Waals surface area contributed by atoms with Crippen molar-refractivity contribution in [3.8, 4) is 5.95 Å². The highest BCUT2D eigenvalue weighted by atomic mass is 35.5. The normalized spacial score (nSPS) is 11.0. The molecule has 7 heteroatoms. The minimum atomic E-state index is -0.187. The summed E-state index contributed by atoms with van der Waals surface area (Å²) in [6, 6.07) is 15.0. The molecule has 0 unspecified atom stereocenters. The van der Waals surface area contributed by atoms with E-state index in [1.54, 1.807) is 36.3 Å². The average molecular weight is 355 g/mol. The Bertz CT molecular complexity index is 1060. The van der Waals surface area contributed by atoms with Crippen LogP contribution in [0.5, 0.6) is 0 Å². The molecule has 0 amide bonds. The summed E-state index contributed by atoms with van der Waals surface area (Å²) in [7, 11) is 0. The van der Waals surface area contributed by atoms with Crippen LogP contribution in [0.25, 0.3) is 16.9 Å². The molecule has 0 bridgehead atoms. The molecule has 0 saturated heterocycles. The number of nitrogens with zero attached hydrogens (tertiary/aromatic N) is 3. The fourth-order valence-electron chi connectivity index (χ4n) is 2.31. The van der Waals surface area contributed by atoms with Gasteiger partial charge in [-0.05, 0) is 48.5 Å². The maximum absolute atomic E-state index is 12.2. The van der Waals surface area contributed by atoms with Gasteiger partial charge < -0.3 is 0 Å². The van der Waals surface area contributed by atoms with Crippen LogP contribution in [0.1, 0.15) is 0 Å². The van der Waals surface area contributed by atoms with Gasteiger partial charge in [0.15, 0.2) is 0 Å². The number of aromatic amines is 1. The summed E-state index contributed by atoms with van der Waals surface area (Å²) >= 11 is 7.50. The van der Waals surface area contributed by atoms with Crippen LogP contribution in [-0.2, 0) is 0 Å². The molecule has 0 atom stereocenters. The quantitative estimate of drug-likeness (QED) is 0.605. The Morgan fingerprint density at radius 3 is 2.62 bits per heavy atom. The van der Waals surface area contributed by atoms with Gasteiger partial charge in [0.25, 0.3) is 5.56 Å². The van der Waals surface area contributed by atoms with Crippen LogP contribution in [0.2, 0.25) is 5.02 Å². The average Bonchev–Trinajstić information content (AvgIpc) is 3.11. The van der Waals surface area contributed by atoms with E-state index >= 15 is 0 Å². The first-order chi connectivity index (χ1) is 11.7. The van der Waals surface area contributed by atoms with Gasteiger partial charge in [0.1, 0.15) is 0 Å². The molecule has 4 aromatic rings. The molecule has 2 aromatic carbocycles. The zero-order chi connectivity index (χ0) is 16.5. The number of hydrogen-bond acceptors (Lipinski definition) is 4. The number of rotatable bonds is 3. The van der Waals surface area contributed by atoms with E-state index in [1.807, 2.05) is 36.4 Å². The summed E-state index contributed by atoms with van der Waals surface area (Å²) < 4.78 is 1.53. The third-order valence-electron chi connectivity index (χ3n) is 3.44. The zero-order valence-electron chi connectivity index (χ0n) is 12.3. The third-order valence-corrected chi connectivity index (χ3v) is 4.69. The van der Waals surface area contributed by atoms with Crippen molar-refractivity contribution in [3.63, 3.8) is 0 Å². The molecule has 0 aliphatic carbocycles. The number of fused-ring (bicyclic) bond motifs is 1. The first-order valence-electron chi connectivity index (χ1n) is 7.16. The minimum absolute atomic E-state index is 0.187. The van der Waals surface area contributed by atoms with Crippen molar-refractivity contribution in [2.75, 3.05) is 0 Å². The smallest absolute Gasteiger partial charge is 0.260 e.